The zero-order valence-electron chi connectivity index (χ0n) is 17.8. The number of carbonyl (C=O) groups is 2. The molecule has 1 aliphatic rings. The summed E-state index contributed by atoms with van der Waals surface area (Å²) >= 11 is 0. The standard InChI is InChI=1S/C15H28O2.C8H12O3/c1-3-5-6-7-8-9-10-11-12-13-14-17-15(16)4-2;1-2-8(9)11-6-7-4-3-5-10-7/h4H,2-3,5-14H2,1H3;2,7H,1,3-6H2. The van der Waals surface area contributed by atoms with Crippen molar-refractivity contribution in [2.75, 3.05) is 19.8 Å². The molecular formula is C23H40O5. The molecule has 1 rings (SSSR count). The molecule has 0 aliphatic carbocycles. The van der Waals surface area contributed by atoms with E-state index < -0.39 is 0 Å². The van der Waals surface area contributed by atoms with Crippen molar-refractivity contribution >= 4 is 11.9 Å². The van der Waals surface area contributed by atoms with Gasteiger partial charge in [-0.25, -0.2) is 9.59 Å². The maximum Gasteiger partial charge on any atom is 0.330 e. The number of hydrogen-bond acceptors (Lipinski definition) is 5. The summed E-state index contributed by atoms with van der Waals surface area (Å²) in [6.07, 6.45) is 17.5. The second-order valence-electron chi connectivity index (χ2n) is 7.02. The second-order valence-corrected chi connectivity index (χ2v) is 7.02. The highest BCUT2D eigenvalue weighted by molar-refractivity contribution is 5.81. The summed E-state index contributed by atoms with van der Waals surface area (Å²) in [5, 5.41) is 0. The predicted octanol–water partition coefficient (Wildman–Crippen LogP) is 5.53. The highest BCUT2D eigenvalue weighted by Gasteiger charge is 2.16. The normalized spacial score (nSPS) is 15.2. The molecule has 0 aromatic heterocycles. The minimum atomic E-state index is -0.375. The Labute approximate surface area is 171 Å². The highest BCUT2D eigenvalue weighted by Crippen LogP contribution is 2.12. The molecule has 0 amide bonds. The van der Waals surface area contributed by atoms with Crippen LogP contribution < -0.4 is 0 Å². The number of rotatable bonds is 15. The molecule has 1 atom stereocenters. The van der Waals surface area contributed by atoms with Crippen LogP contribution in [0, 0.1) is 0 Å². The topological polar surface area (TPSA) is 61.8 Å². The Kier molecular flexibility index (Phi) is 19.0. The van der Waals surface area contributed by atoms with E-state index in [4.69, 9.17) is 14.2 Å². The molecule has 0 aromatic rings. The third-order valence-corrected chi connectivity index (χ3v) is 4.51. The van der Waals surface area contributed by atoms with Crippen molar-refractivity contribution in [2.24, 2.45) is 0 Å². The van der Waals surface area contributed by atoms with E-state index in [0.717, 1.165) is 31.9 Å². The summed E-state index contributed by atoms with van der Waals surface area (Å²) < 4.78 is 14.9. The molecule has 0 radical (unpaired) electrons. The lowest BCUT2D eigenvalue weighted by molar-refractivity contribution is -0.141. The molecule has 5 heteroatoms. The molecule has 1 unspecified atom stereocenters. The Hall–Kier alpha value is -1.62. The first-order chi connectivity index (χ1) is 13.6. The summed E-state index contributed by atoms with van der Waals surface area (Å²) in [4.78, 5) is 21.3. The van der Waals surface area contributed by atoms with Crippen LogP contribution in [0.25, 0.3) is 0 Å². The van der Waals surface area contributed by atoms with Gasteiger partial charge in [-0.05, 0) is 19.3 Å². The minimum Gasteiger partial charge on any atom is -0.463 e. The van der Waals surface area contributed by atoms with Gasteiger partial charge in [0, 0.05) is 18.8 Å². The van der Waals surface area contributed by atoms with Crippen LogP contribution in [0.4, 0.5) is 0 Å². The first-order valence-corrected chi connectivity index (χ1v) is 10.8. The van der Waals surface area contributed by atoms with Crippen molar-refractivity contribution in [1.82, 2.24) is 0 Å². The van der Waals surface area contributed by atoms with Gasteiger partial charge < -0.3 is 14.2 Å². The van der Waals surface area contributed by atoms with Gasteiger partial charge in [0.05, 0.1) is 12.7 Å². The van der Waals surface area contributed by atoms with Gasteiger partial charge >= 0.3 is 11.9 Å². The maximum atomic E-state index is 10.7. The van der Waals surface area contributed by atoms with Crippen molar-refractivity contribution in [3.05, 3.63) is 25.3 Å². The zero-order chi connectivity index (χ0) is 20.9. The summed E-state index contributed by atoms with van der Waals surface area (Å²) in [7, 11) is 0. The van der Waals surface area contributed by atoms with Gasteiger partial charge in [-0.3, -0.25) is 0 Å². The van der Waals surface area contributed by atoms with Gasteiger partial charge in [0.15, 0.2) is 0 Å². The van der Waals surface area contributed by atoms with Crippen molar-refractivity contribution in [3.8, 4) is 0 Å². The number of ether oxygens (including phenoxy) is 3. The van der Waals surface area contributed by atoms with E-state index in [2.05, 4.69) is 20.1 Å². The summed E-state index contributed by atoms with van der Waals surface area (Å²) in [5.41, 5.74) is 0. The van der Waals surface area contributed by atoms with Gasteiger partial charge in [0.2, 0.25) is 0 Å². The van der Waals surface area contributed by atoms with Gasteiger partial charge in [0.25, 0.3) is 0 Å². The number of hydrogen-bond donors (Lipinski definition) is 0. The van der Waals surface area contributed by atoms with E-state index in [0.29, 0.717) is 13.2 Å². The molecule has 0 saturated carbocycles. The molecule has 1 saturated heterocycles. The van der Waals surface area contributed by atoms with Gasteiger partial charge in [-0.15, -0.1) is 0 Å². The molecule has 1 fully saturated rings. The van der Waals surface area contributed by atoms with Crippen LogP contribution in [0.2, 0.25) is 0 Å². The molecule has 162 valence electrons. The predicted molar refractivity (Wildman–Crippen MR) is 113 cm³/mol. The number of esters is 2. The lowest BCUT2D eigenvalue weighted by atomic mass is 10.1. The fraction of sp³-hybridized carbons (Fsp3) is 0.739. The number of carbonyl (C=O) groups excluding carboxylic acids is 2. The fourth-order valence-electron chi connectivity index (χ4n) is 2.83. The Morgan fingerprint density at radius 3 is 1.93 bits per heavy atom. The zero-order valence-corrected chi connectivity index (χ0v) is 17.8. The van der Waals surface area contributed by atoms with Crippen LogP contribution in [0.5, 0.6) is 0 Å². The van der Waals surface area contributed by atoms with Crippen LogP contribution in [-0.4, -0.2) is 37.9 Å². The fourth-order valence-corrected chi connectivity index (χ4v) is 2.83. The Bertz CT molecular complexity index is 413. The molecule has 0 aromatic carbocycles. The van der Waals surface area contributed by atoms with Crippen molar-refractivity contribution in [2.45, 2.75) is 90.1 Å². The SMILES string of the molecule is C=CC(=O)OCC1CCCO1.C=CC(=O)OCCCCCCCCCCCC. The molecule has 28 heavy (non-hydrogen) atoms. The largest absolute Gasteiger partial charge is 0.463 e. The summed E-state index contributed by atoms with van der Waals surface area (Å²) in [6, 6.07) is 0. The van der Waals surface area contributed by atoms with E-state index in [9.17, 15) is 9.59 Å². The Morgan fingerprint density at radius 2 is 1.43 bits per heavy atom. The third kappa shape index (κ3) is 17.8. The highest BCUT2D eigenvalue weighted by atomic mass is 16.6. The molecule has 0 N–H and O–H groups in total. The molecule has 0 bridgehead atoms. The molecular weight excluding hydrogens is 356 g/mol. The smallest absolute Gasteiger partial charge is 0.330 e. The number of unbranched alkanes of at least 4 members (excludes halogenated alkanes) is 9. The Morgan fingerprint density at radius 1 is 0.893 bits per heavy atom. The lowest BCUT2D eigenvalue weighted by Crippen LogP contribution is -2.16. The second kappa shape index (κ2) is 20.1. The molecule has 1 aliphatic heterocycles. The maximum absolute atomic E-state index is 10.7. The Balaban J connectivity index is 0.000000567. The van der Waals surface area contributed by atoms with E-state index in [-0.39, 0.29) is 18.0 Å². The van der Waals surface area contributed by atoms with Crippen LogP contribution in [0.1, 0.15) is 84.0 Å². The van der Waals surface area contributed by atoms with Gasteiger partial charge in [-0.1, -0.05) is 77.9 Å². The van der Waals surface area contributed by atoms with E-state index in [1.54, 1.807) is 0 Å². The summed E-state index contributed by atoms with van der Waals surface area (Å²) in [5.74, 6) is -0.679. The lowest BCUT2D eigenvalue weighted by Gasteiger charge is -2.07. The molecule has 5 nitrogen and oxygen atoms in total. The quantitative estimate of drug-likeness (QED) is 0.207. The molecule has 1 heterocycles. The molecule has 0 spiro atoms. The minimum absolute atomic E-state index is 0.110. The monoisotopic (exact) mass is 396 g/mol. The average Bonchev–Trinajstić information content (AvgIpc) is 3.24. The first kappa shape index (κ1) is 26.4. The first-order valence-electron chi connectivity index (χ1n) is 10.8. The van der Waals surface area contributed by atoms with Crippen molar-refractivity contribution < 1.29 is 23.8 Å². The van der Waals surface area contributed by atoms with Crippen LogP contribution in [0.3, 0.4) is 0 Å². The van der Waals surface area contributed by atoms with Crippen LogP contribution in [0.15, 0.2) is 25.3 Å². The van der Waals surface area contributed by atoms with E-state index in [1.807, 2.05) is 0 Å². The van der Waals surface area contributed by atoms with Crippen molar-refractivity contribution in [1.29, 1.82) is 0 Å². The summed E-state index contributed by atoms with van der Waals surface area (Å²) in [6.45, 7) is 10.6. The third-order valence-electron chi connectivity index (χ3n) is 4.51. The van der Waals surface area contributed by atoms with Crippen molar-refractivity contribution in [3.63, 3.8) is 0 Å². The van der Waals surface area contributed by atoms with E-state index in [1.165, 1.54) is 63.9 Å². The van der Waals surface area contributed by atoms with E-state index >= 15 is 0 Å². The van der Waals surface area contributed by atoms with Crippen LogP contribution in [-0.2, 0) is 23.8 Å². The van der Waals surface area contributed by atoms with Gasteiger partial charge in [-0.2, -0.15) is 0 Å². The van der Waals surface area contributed by atoms with Gasteiger partial charge in [0.1, 0.15) is 6.61 Å². The average molecular weight is 397 g/mol. The van der Waals surface area contributed by atoms with Crippen LogP contribution >= 0.6 is 0 Å².